The van der Waals surface area contributed by atoms with Crippen LogP contribution in [0.2, 0.25) is 0 Å². The van der Waals surface area contributed by atoms with Crippen molar-refractivity contribution in [1.82, 2.24) is 0 Å². The smallest absolute Gasteiger partial charge is 0.303 e. The molecule has 2 aromatic rings. The quantitative estimate of drug-likeness (QED) is 0.776. The molecule has 2 rings (SSSR count). The first-order valence-electron chi connectivity index (χ1n) is 7.63. The maximum absolute atomic E-state index is 11.3. The van der Waals surface area contributed by atoms with Gasteiger partial charge in [-0.1, -0.05) is 42.5 Å². The number of benzene rings is 2. The van der Waals surface area contributed by atoms with Crippen LogP contribution in [0.4, 0.5) is 0 Å². The zero-order valence-electron chi connectivity index (χ0n) is 13.4. The van der Waals surface area contributed by atoms with Gasteiger partial charge in [-0.3, -0.25) is 9.59 Å². The maximum Gasteiger partial charge on any atom is 0.303 e. The standard InChI is InChI=1S/C19H20O5/c1-24-16-9-5-8-14(10-16)19(13-6-3-2-4-7-13)15(11-17(20)21)12-18(22)23/h2-10,15,19H,11-12H2,1H3,(H,20,21)(H,22,23). The van der Waals surface area contributed by atoms with Crippen molar-refractivity contribution in [1.29, 1.82) is 0 Å². The molecule has 5 heteroatoms. The second-order valence-corrected chi connectivity index (χ2v) is 5.62. The van der Waals surface area contributed by atoms with E-state index >= 15 is 0 Å². The summed E-state index contributed by atoms with van der Waals surface area (Å²) in [6, 6.07) is 16.7. The van der Waals surface area contributed by atoms with E-state index in [9.17, 15) is 19.8 Å². The minimum Gasteiger partial charge on any atom is -0.497 e. The van der Waals surface area contributed by atoms with Crippen LogP contribution in [0.1, 0.15) is 29.9 Å². The van der Waals surface area contributed by atoms with Crippen LogP contribution in [0, 0.1) is 5.92 Å². The lowest BCUT2D eigenvalue weighted by Crippen LogP contribution is -2.21. The van der Waals surface area contributed by atoms with Gasteiger partial charge in [0.05, 0.1) is 7.11 Å². The lowest BCUT2D eigenvalue weighted by atomic mass is 9.77. The molecule has 0 bridgehead atoms. The lowest BCUT2D eigenvalue weighted by molar-refractivity contribution is -0.140. The molecule has 0 heterocycles. The summed E-state index contributed by atoms with van der Waals surface area (Å²) < 4.78 is 5.25. The first-order chi connectivity index (χ1) is 11.5. The van der Waals surface area contributed by atoms with Crippen molar-refractivity contribution in [2.75, 3.05) is 7.11 Å². The van der Waals surface area contributed by atoms with Crippen LogP contribution in [0.25, 0.3) is 0 Å². The summed E-state index contributed by atoms with van der Waals surface area (Å²) in [5.74, 6) is -2.27. The molecule has 1 atom stereocenters. The summed E-state index contributed by atoms with van der Waals surface area (Å²) in [7, 11) is 1.56. The minimum atomic E-state index is -1.01. The Labute approximate surface area is 140 Å². The Morgan fingerprint density at radius 2 is 1.50 bits per heavy atom. The molecular weight excluding hydrogens is 308 g/mol. The van der Waals surface area contributed by atoms with Crippen molar-refractivity contribution < 1.29 is 24.5 Å². The Kier molecular flexibility index (Phi) is 5.95. The molecule has 0 aliphatic heterocycles. The van der Waals surface area contributed by atoms with E-state index in [0.717, 1.165) is 11.1 Å². The van der Waals surface area contributed by atoms with E-state index in [-0.39, 0.29) is 18.8 Å². The predicted molar refractivity (Wildman–Crippen MR) is 89.3 cm³/mol. The SMILES string of the molecule is COc1cccc(C(c2ccccc2)C(CC(=O)O)CC(=O)O)c1. The monoisotopic (exact) mass is 328 g/mol. The minimum absolute atomic E-state index is 0.219. The maximum atomic E-state index is 11.3. The van der Waals surface area contributed by atoms with Gasteiger partial charge in [0, 0.05) is 18.8 Å². The van der Waals surface area contributed by atoms with E-state index < -0.39 is 17.9 Å². The normalized spacial score (nSPS) is 11.9. The number of hydrogen-bond acceptors (Lipinski definition) is 3. The molecule has 0 saturated heterocycles. The van der Waals surface area contributed by atoms with Crippen LogP contribution in [-0.2, 0) is 9.59 Å². The number of methoxy groups -OCH3 is 1. The second kappa shape index (κ2) is 8.15. The molecule has 2 aromatic carbocycles. The van der Waals surface area contributed by atoms with E-state index in [4.69, 9.17) is 4.74 Å². The fraction of sp³-hybridized carbons (Fsp3) is 0.263. The van der Waals surface area contributed by atoms with Gasteiger partial charge in [0.1, 0.15) is 5.75 Å². The molecule has 0 saturated carbocycles. The summed E-state index contributed by atoms with van der Waals surface area (Å²) in [6.45, 7) is 0. The van der Waals surface area contributed by atoms with Crippen LogP contribution in [-0.4, -0.2) is 29.3 Å². The van der Waals surface area contributed by atoms with Crippen molar-refractivity contribution in [2.45, 2.75) is 18.8 Å². The van der Waals surface area contributed by atoms with Gasteiger partial charge in [-0.15, -0.1) is 0 Å². The fourth-order valence-corrected chi connectivity index (χ4v) is 2.99. The molecule has 5 nitrogen and oxygen atoms in total. The van der Waals surface area contributed by atoms with Gasteiger partial charge < -0.3 is 14.9 Å². The van der Waals surface area contributed by atoms with E-state index in [2.05, 4.69) is 0 Å². The van der Waals surface area contributed by atoms with E-state index in [1.54, 1.807) is 13.2 Å². The predicted octanol–water partition coefficient (Wildman–Crippen LogP) is 3.39. The second-order valence-electron chi connectivity index (χ2n) is 5.62. The molecule has 0 spiro atoms. The number of carbonyl (C=O) groups is 2. The third-order valence-electron chi connectivity index (χ3n) is 3.96. The first kappa shape index (κ1) is 17.5. The van der Waals surface area contributed by atoms with Gasteiger partial charge in [-0.25, -0.2) is 0 Å². The van der Waals surface area contributed by atoms with Crippen LogP contribution in [0.3, 0.4) is 0 Å². The Morgan fingerprint density at radius 3 is 2.04 bits per heavy atom. The third-order valence-corrected chi connectivity index (χ3v) is 3.96. The van der Waals surface area contributed by atoms with E-state index in [1.165, 1.54) is 0 Å². The highest BCUT2D eigenvalue weighted by Gasteiger charge is 2.29. The number of hydrogen-bond donors (Lipinski definition) is 2. The van der Waals surface area contributed by atoms with Gasteiger partial charge in [-0.05, 0) is 29.2 Å². The number of aliphatic carboxylic acids is 2. The third kappa shape index (κ3) is 4.59. The fourth-order valence-electron chi connectivity index (χ4n) is 2.99. The molecule has 2 N–H and O–H groups in total. The molecule has 24 heavy (non-hydrogen) atoms. The van der Waals surface area contributed by atoms with Gasteiger partial charge in [0.2, 0.25) is 0 Å². The summed E-state index contributed by atoms with van der Waals surface area (Å²) in [5, 5.41) is 18.4. The van der Waals surface area contributed by atoms with Gasteiger partial charge in [-0.2, -0.15) is 0 Å². The highest BCUT2D eigenvalue weighted by Crippen LogP contribution is 2.37. The number of ether oxygens (including phenoxy) is 1. The highest BCUT2D eigenvalue weighted by molar-refractivity contribution is 5.71. The number of carboxylic acids is 2. The summed E-state index contributed by atoms with van der Waals surface area (Å²) >= 11 is 0. The van der Waals surface area contributed by atoms with Crippen LogP contribution < -0.4 is 4.74 Å². The summed E-state index contributed by atoms with van der Waals surface area (Å²) in [5.41, 5.74) is 1.73. The van der Waals surface area contributed by atoms with Crippen LogP contribution >= 0.6 is 0 Å². The molecule has 0 aliphatic carbocycles. The van der Waals surface area contributed by atoms with Crippen molar-refractivity contribution in [2.24, 2.45) is 5.92 Å². The lowest BCUT2D eigenvalue weighted by Gasteiger charge is -2.26. The molecule has 0 aromatic heterocycles. The van der Waals surface area contributed by atoms with Gasteiger partial charge >= 0.3 is 11.9 Å². The van der Waals surface area contributed by atoms with Crippen LogP contribution in [0.5, 0.6) is 5.75 Å². The van der Waals surface area contributed by atoms with Gasteiger partial charge in [0.15, 0.2) is 0 Å². The van der Waals surface area contributed by atoms with Crippen LogP contribution in [0.15, 0.2) is 54.6 Å². The van der Waals surface area contributed by atoms with Crippen molar-refractivity contribution >= 4 is 11.9 Å². The van der Waals surface area contributed by atoms with E-state index in [1.807, 2.05) is 48.5 Å². The van der Waals surface area contributed by atoms with Crippen molar-refractivity contribution in [3.63, 3.8) is 0 Å². The largest absolute Gasteiger partial charge is 0.497 e. The Morgan fingerprint density at radius 1 is 0.917 bits per heavy atom. The molecule has 0 radical (unpaired) electrons. The highest BCUT2D eigenvalue weighted by atomic mass is 16.5. The summed E-state index contributed by atoms with van der Waals surface area (Å²) in [6.07, 6.45) is -0.438. The Hall–Kier alpha value is -2.82. The van der Waals surface area contributed by atoms with Crippen molar-refractivity contribution in [3.05, 3.63) is 65.7 Å². The summed E-state index contributed by atoms with van der Waals surface area (Å²) in [4.78, 5) is 22.5. The number of carboxylic acid groups (broad SMARTS) is 2. The Balaban J connectivity index is 2.51. The average Bonchev–Trinajstić information content (AvgIpc) is 2.55. The molecule has 1 unspecified atom stereocenters. The zero-order chi connectivity index (χ0) is 17.5. The van der Waals surface area contributed by atoms with Gasteiger partial charge in [0.25, 0.3) is 0 Å². The van der Waals surface area contributed by atoms with Crippen molar-refractivity contribution in [3.8, 4) is 5.75 Å². The topological polar surface area (TPSA) is 83.8 Å². The zero-order valence-corrected chi connectivity index (χ0v) is 13.4. The molecule has 0 amide bonds. The molecule has 126 valence electrons. The average molecular weight is 328 g/mol. The van der Waals surface area contributed by atoms with E-state index in [0.29, 0.717) is 5.75 Å². The molecular formula is C19H20O5. The first-order valence-corrected chi connectivity index (χ1v) is 7.63. The molecule has 0 aliphatic rings. The number of rotatable bonds is 8. The Bertz CT molecular complexity index is 680. The molecule has 0 fully saturated rings.